The van der Waals surface area contributed by atoms with Crippen LogP contribution in [0.25, 0.3) is 11.2 Å². The third kappa shape index (κ3) is 4.45. The van der Waals surface area contributed by atoms with Crippen molar-refractivity contribution < 1.29 is 9.90 Å². The van der Waals surface area contributed by atoms with Crippen molar-refractivity contribution in [1.82, 2.24) is 29.3 Å². The Morgan fingerprint density at radius 3 is 2.87 bits per heavy atom. The molecule has 3 aromatic heterocycles. The minimum atomic E-state index is -0.00905. The first-order chi connectivity index (χ1) is 15.2. The van der Waals surface area contributed by atoms with Crippen molar-refractivity contribution in [2.45, 2.75) is 31.8 Å². The van der Waals surface area contributed by atoms with Gasteiger partial charge >= 0.3 is 0 Å². The lowest BCUT2D eigenvalue weighted by atomic mass is 10.1. The molecule has 2 fully saturated rings. The highest BCUT2D eigenvalue weighted by atomic mass is 16.3. The summed E-state index contributed by atoms with van der Waals surface area (Å²) in [4.78, 5) is 30.7. The zero-order chi connectivity index (χ0) is 21.2. The quantitative estimate of drug-likeness (QED) is 0.627. The number of aliphatic hydroxyl groups is 1. The van der Waals surface area contributed by atoms with Crippen molar-refractivity contribution >= 4 is 17.1 Å². The monoisotopic (exact) mass is 420 g/mol. The molecule has 0 radical (unpaired) electrons. The van der Waals surface area contributed by atoms with Gasteiger partial charge in [-0.15, -0.1) is 0 Å². The highest BCUT2D eigenvalue weighted by Crippen LogP contribution is 2.31. The van der Waals surface area contributed by atoms with Gasteiger partial charge in [-0.3, -0.25) is 14.7 Å². The molecule has 0 aromatic carbocycles. The molecule has 2 aliphatic rings. The summed E-state index contributed by atoms with van der Waals surface area (Å²) in [5.41, 5.74) is 3.11. The zero-order valence-corrected chi connectivity index (χ0v) is 17.6. The van der Waals surface area contributed by atoms with E-state index in [-0.39, 0.29) is 18.6 Å². The minimum Gasteiger partial charge on any atom is -0.396 e. The molecule has 8 nitrogen and oxygen atoms in total. The summed E-state index contributed by atoms with van der Waals surface area (Å²) < 4.78 is 1.97. The molecular weight excluding hydrogens is 392 g/mol. The molecule has 1 saturated heterocycles. The number of carbonyl (C=O) groups is 1. The largest absolute Gasteiger partial charge is 0.396 e. The third-order valence-electron chi connectivity index (χ3n) is 6.32. The highest BCUT2D eigenvalue weighted by molar-refractivity contribution is 5.96. The summed E-state index contributed by atoms with van der Waals surface area (Å²) in [5, 5.41) is 9.50. The highest BCUT2D eigenvalue weighted by Gasteiger charge is 2.33. The van der Waals surface area contributed by atoms with E-state index in [2.05, 4.69) is 19.9 Å². The standard InChI is InChI=1S/C23H28N6O2/c30-9-5-20-15-28(8-7-27(20)13-17-3-4-17)23(31)19-10-21-22(25-12-19)29(16-26-21)14-18-2-1-6-24-11-18/h1-2,6,10-12,16-17,20,30H,3-5,7-9,13-15H2. The molecule has 1 atom stereocenters. The normalized spacial score (nSPS) is 19.8. The molecule has 162 valence electrons. The Morgan fingerprint density at radius 1 is 1.19 bits per heavy atom. The number of aromatic nitrogens is 4. The van der Waals surface area contributed by atoms with Crippen LogP contribution in [0.5, 0.6) is 0 Å². The lowest BCUT2D eigenvalue weighted by molar-refractivity contribution is 0.0407. The van der Waals surface area contributed by atoms with Crippen LogP contribution in [0, 0.1) is 5.92 Å². The number of pyridine rings is 2. The number of hydrogen-bond donors (Lipinski definition) is 1. The molecule has 31 heavy (non-hydrogen) atoms. The van der Waals surface area contributed by atoms with Crippen LogP contribution >= 0.6 is 0 Å². The first-order valence-corrected chi connectivity index (χ1v) is 11.0. The van der Waals surface area contributed by atoms with Crippen LogP contribution in [0.2, 0.25) is 0 Å². The fraction of sp³-hybridized carbons (Fsp3) is 0.478. The van der Waals surface area contributed by atoms with Gasteiger partial charge in [-0.05, 0) is 42.9 Å². The van der Waals surface area contributed by atoms with E-state index in [9.17, 15) is 9.90 Å². The molecule has 8 heteroatoms. The molecule has 3 aromatic rings. The number of aliphatic hydroxyl groups excluding tert-OH is 1. The van der Waals surface area contributed by atoms with Crippen molar-refractivity contribution in [2.24, 2.45) is 5.92 Å². The molecule has 1 aliphatic heterocycles. The van der Waals surface area contributed by atoms with E-state index in [4.69, 9.17) is 0 Å². The average Bonchev–Trinajstić information content (AvgIpc) is 3.54. The molecule has 1 amide bonds. The molecule has 1 aliphatic carbocycles. The number of fused-ring (bicyclic) bond motifs is 1. The van der Waals surface area contributed by atoms with Gasteiger partial charge in [-0.25, -0.2) is 9.97 Å². The van der Waals surface area contributed by atoms with Gasteiger partial charge < -0.3 is 14.6 Å². The van der Waals surface area contributed by atoms with Crippen LogP contribution in [0.4, 0.5) is 0 Å². The van der Waals surface area contributed by atoms with E-state index in [1.54, 1.807) is 18.7 Å². The van der Waals surface area contributed by atoms with Gasteiger partial charge in [0.1, 0.15) is 5.52 Å². The van der Waals surface area contributed by atoms with Gasteiger partial charge in [0.25, 0.3) is 5.91 Å². The van der Waals surface area contributed by atoms with E-state index in [1.165, 1.54) is 12.8 Å². The molecule has 0 bridgehead atoms. The second kappa shape index (κ2) is 8.72. The van der Waals surface area contributed by atoms with Gasteiger partial charge in [-0.1, -0.05) is 6.07 Å². The summed E-state index contributed by atoms with van der Waals surface area (Å²) in [6.45, 7) is 4.10. The van der Waals surface area contributed by atoms with Gasteiger partial charge in [0, 0.05) is 57.4 Å². The van der Waals surface area contributed by atoms with E-state index < -0.39 is 0 Å². The second-order valence-corrected chi connectivity index (χ2v) is 8.66. The van der Waals surface area contributed by atoms with E-state index in [0.717, 1.165) is 30.2 Å². The number of amides is 1. The summed E-state index contributed by atoms with van der Waals surface area (Å²) in [6, 6.07) is 5.98. The van der Waals surface area contributed by atoms with Crippen molar-refractivity contribution in [3.05, 3.63) is 54.2 Å². The number of hydrogen-bond acceptors (Lipinski definition) is 6. The van der Waals surface area contributed by atoms with Crippen LogP contribution < -0.4 is 0 Å². The number of nitrogens with zero attached hydrogens (tertiary/aromatic N) is 6. The predicted molar refractivity (Wildman–Crippen MR) is 117 cm³/mol. The average molecular weight is 421 g/mol. The van der Waals surface area contributed by atoms with Gasteiger partial charge in [-0.2, -0.15) is 0 Å². The smallest absolute Gasteiger partial charge is 0.255 e. The lowest BCUT2D eigenvalue weighted by Gasteiger charge is -2.41. The first kappa shape index (κ1) is 20.1. The second-order valence-electron chi connectivity index (χ2n) is 8.66. The van der Waals surface area contributed by atoms with Crippen molar-refractivity contribution in [2.75, 3.05) is 32.8 Å². The number of piperazine rings is 1. The Hall–Kier alpha value is -2.84. The van der Waals surface area contributed by atoms with Crippen LogP contribution in [0.15, 0.2) is 43.1 Å². The third-order valence-corrected chi connectivity index (χ3v) is 6.32. The molecular formula is C23H28N6O2. The van der Waals surface area contributed by atoms with Crippen LogP contribution in [-0.2, 0) is 6.54 Å². The number of carbonyl (C=O) groups excluding carboxylic acids is 1. The predicted octanol–water partition coefficient (Wildman–Crippen LogP) is 1.79. The van der Waals surface area contributed by atoms with E-state index in [0.29, 0.717) is 37.1 Å². The molecule has 1 saturated carbocycles. The van der Waals surface area contributed by atoms with E-state index >= 15 is 0 Å². The molecule has 5 rings (SSSR count). The molecule has 0 spiro atoms. The SMILES string of the molecule is O=C(c1cnc2c(c1)ncn2Cc1cccnc1)N1CCN(CC2CC2)C(CCO)C1. The fourth-order valence-corrected chi connectivity index (χ4v) is 4.43. The van der Waals surface area contributed by atoms with Gasteiger partial charge in [0.15, 0.2) is 5.65 Å². The fourth-order valence-electron chi connectivity index (χ4n) is 4.43. The summed E-state index contributed by atoms with van der Waals surface area (Å²) >= 11 is 0. The number of imidazole rings is 1. The Balaban J connectivity index is 1.30. The Morgan fingerprint density at radius 2 is 2.10 bits per heavy atom. The maximum Gasteiger partial charge on any atom is 0.255 e. The molecule has 1 unspecified atom stereocenters. The van der Waals surface area contributed by atoms with Gasteiger partial charge in [0.05, 0.1) is 18.4 Å². The summed E-state index contributed by atoms with van der Waals surface area (Å²) in [7, 11) is 0. The van der Waals surface area contributed by atoms with Crippen LogP contribution in [0.1, 0.15) is 35.2 Å². The summed E-state index contributed by atoms with van der Waals surface area (Å²) in [5.74, 6) is 0.794. The molecule has 4 heterocycles. The van der Waals surface area contributed by atoms with Crippen molar-refractivity contribution in [1.29, 1.82) is 0 Å². The number of rotatable bonds is 7. The Kier molecular flexibility index (Phi) is 5.65. The maximum atomic E-state index is 13.2. The molecule has 1 N–H and O–H groups in total. The first-order valence-electron chi connectivity index (χ1n) is 11.0. The Labute approximate surface area is 181 Å². The van der Waals surface area contributed by atoms with Crippen molar-refractivity contribution in [3.8, 4) is 0 Å². The topological polar surface area (TPSA) is 87.4 Å². The zero-order valence-electron chi connectivity index (χ0n) is 17.6. The lowest BCUT2D eigenvalue weighted by Crippen LogP contribution is -2.55. The minimum absolute atomic E-state index is 0.00905. The van der Waals surface area contributed by atoms with Crippen molar-refractivity contribution in [3.63, 3.8) is 0 Å². The maximum absolute atomic E-state index is 13.2. The summed E-state index contributed by atoms with van der Waals surface area (Å²) in [6.07, 6.45) is 10.3. The van der Waals surface area contributed by atoms with E-state index in [1.807, 2.05) is 33.9 Å². The Bertz CT molecular complexity index is 1050. The van der Waals surface area contributed by atoms with Gasteiger partial charge in [0.2, 0.25) is 0 Å². The van der Waals surface area contributed by atoms with Crippen LogP contribution in [0.3, 0.4) is 0 Å². The van der Waals surface area contributed by atoms with Crippen LogP contribution in [-0.4, -0.2) is 79.2 Å².